The number of aromatic nitrogens is 1. The van der Waals surface area contributed by atoms with Crippen LogP contribution in [0.5, 0.6) is 0 Å². The van der Waals surface area contributed by atoms with E-state index in [1.165, 1.54) is 0 Å². The van der Waals surface area contributed by atoms with Crippen molar-refractivity contribution in [2.75, 3.05) is 5.73 Å². The quantitative estimate of drug-likeness (QED) is 0.678. The molecule has 0 aliphatic carbocycles. The Hall–Kier alpha value is -1.68. The summed E-state index contributed by atoms with van der Waals surface area (Å²) in [5, 5.41) is 0. The van der Waals surface area contributed by atoms with Crippen LogP contribution in [-0.4, -0.2) is 10.8 Å². The molecule has 0 aliphatic rings. The first-order valence-electron chi connectivity index (χ1n) is 4.69. The lowest BCUT2D eigenvalue weighted by atomic mass is 10.1. The zero-order chi connectivity index (χ0) is 11.5. The Morgan fingerprint density at radius 1 is 1.25 bits per heavy atom. The monoisotopic (exact) mass is 276 g/mol. The molecule has 2 aromatic rings. The van der Waals surface area contributed by atoms with Crippen LogP contribution in [0, 0.1) is 0 Å². The van der Waals surface area contributed by atoms with E-state index >= 15 is 0 Å². The minimum absolute atomic E-state index is 0.110. The second-order valence-corrected chi connectivity index (χ2v) is 4.13. The van der Waals surface area contributed by atoms with Gasteiger partial charge >= 0.3 is 0 Å². The van der Waals surface area contributed by atoms with E-state index in [-0.39, 0.29) is 5.78 Å². The number of hydrogen-bond donors (Lipinski definition) is 1. The van der Waals surface area contributed by atoms with Gasteiger partial charge in [0.15, 0.2) is 0 Å². The maximum Gasteiger partial charge on any atom is 0.211 e. The van der Waals surface area contributed by atoms with Crippen molar-refractivity contribution in [2.45, 2.75) is 0 Å². The molecular weight excluding hydrogens is 268 g/mol. The van der Waals surface area contributed by atoms with Gasteiger partial charge in [-0.1, -0.05) is 6.07 Å². The summed E-state index contributed by atoms with van der Waals surface area (Å²) < 4.78 is 0.717. The molecule has 0 unspecified atom stereocenters. The standard InChI is InChI=1S/C12H9BrN2O/c13-9-7-8(4-5-10(9)14)12(16)11-3-1-2-6-15-11/h1-7H,14H2. The van der Waals surface area contributed by atoms with Gasteiger partial charge in [-0.3, -0.25) is 9.78 Å². The third kappa shape index (κ3) is 2.12. The zero-order valence-corrected chi connectivity index (χ0v) is 9.94. The van der Waals surface area contributed by atoms with Crippen LogP contribution < -0.4 is 5.73 Å². The topological polar surface area (TPSA) is 56.0 Å². The van der Waals surface area contributed by atoms with Crippen molar-refractivity contribution in [2.24, 2.45) is 0 Å². The molecule has 0 amide bonds. The first-order chi connectivity index (χ1) is 7.68. The largest absolute Gasteiger partial charge is 0.398 e. The van der Waals surface area contributed by atoms with Crippen LogP contribution >= 0.6 is 15.9 Å². The normalized spacial score (nSPS) is 10.1. The predicted molar refractivity (Wildman–Crippen MR) is 66.2 cm³/mol. The van der Waals surface area contributed by atoms with Crippen molar-refractivity contribution in [3.63, 3.8) is 0 Å². The van der Waals surface area contributed by atoms with Crippen molar-refractivity contribution in [1.82, 2.24) is 4.98 Å². The van der Waals surface area contributed by atoms with Crippen LogP contribution in [0.3, 0.4) is 0 Å². The molecule has 4 heteroatoms. The number of nitrogens with zero attached hydrogens (tertiary/aromatic N) is 1. The van der Waals surface area contributed by atoms with Crippen LogP contribution in [0.15, 0.2) is 47.1 Å². The number of pyridine rings is 1. The maximum atomic E-state index is 12.0. The SMILES string of the molecule is Nc1ccc(C(=O)c2ccccn2)cc1Br. The molecule has 0 radical (unpaired) electrons. The van der Waals surface area contributed by atoms with Gasteiger partial charge in [-0.2, -0.15) is 0 Å². The molecule has 0 saturated carbocycles. The molecule has 2 rings (SSSR count). The third-order valence-corrected chi connectivity index (χ3v) is 2.85. The van der Waals surface area contributed by atoms with Crippen molar-refractivity contribution < 1.29 is 4.79 Å². The fourth-order valence-corrected chi connectivity index (χ4v) is 1.69. The highest BCUT2D eigenvalue weighted by molar-refractivity contribution is 9.10. The molecule has 0 aliphatic heterocycles. The van der Waals surface area contributed by atoms with Crippen LogP contribution in [0.1, 0.15) is 16.1 Å². The molecule has 0 spiro atoms. The fraction of sp³-hybridized carbons (Fsp3) is 0. The number of halogens is 1. The minimum Gasteiger partial charge on any atom is -0.398 e. The van der Waals surface area contributed by atoms with E-state index in [1.807, 2.05) is 0 Å². The predicted octanol–water partition coefficient (Wildman–Crippen LogP) is 2.66. The number of carbonyl (C=O) groups is 1. The van der Waals surface area contributed by atoms with E-state index in [4.69, 9.17) is 5.73 Å². The zero-order valence-electron chi connectivity index (χ0n) is 8.35. The number of ketones is 1. The lowest BCUT2D eigenvalue weighted by molar-refractivity contribution is 0.103. The van der Waals surface area contributed by atoms with Crippen molar-refractivity contribution in [1.29, 1.82) is 0 Å². The summed E-state index contributed by atoms with van der Waals surface area (Å²) in [5.74, 6) is -0.110. The lowest BCUT2D eigenvalue weighted by Crippen LogP contribution is -2.03. The molecule has 0 fully saturated rings. The van der Waals surface area contributed by atoms with E-state index in [9.17, 15) is 4.79 Å². The van der Waals surface area contributed by atoms with Crippen LogP contribution in [0.25, 0.3) is 0 Å². The number of rotatable bonds is 2. The van der Waals surface area contributed by atoms with Crippen molar-refractivity contribution >= 4 is 27.4 Å². The summed E-state index contributed by atoms with van der Waals surface area (Å²) in [5.41, 5.74) is 7.26. The molecule has 16 heavy (non-hydrogen) atoms. The molecular formula is C12H9BrN2O. The van der Waals surface area contributed by atoms with Crippen LogP contribution in [-0.2, 0) is 0 Å². The molecule has 3 nitrogen and oxygen atoms in total. The molecule has 80 valence electrons. The highest BCUT2D eigenvalue weighted by atomic mass is 79.9. The summed E-state index contributed by atoms with van der Waals surface area (Å²) in [6, 6.07) is 10.3. The van der Waals surface area contributed by atoms with E-state index in [2.05, 4.69) is 20.9 Å². The fourth-order valence-electron chi connectivity index (χ4n) is 1.31. The summed E-state index contributed by atoms with van der Waals surface area (Å²) in [6.45, 7) is 0. The van der Waals surface area contributed by atoms with Gasteiger partial charge in [-0.05, 0) is 46.3 Å². The van der Waals surface area contributed by atoms with E-state index in [1.54, 1.807) is 42.6 Å². The number of carbonyl (C=O) groups excluding carboxylic acids is 1. The summed E-state index contributed by atoms with van der Waals surface area (Å²) in [4.78, 5) is 16.0. The Morgan fingerprint density at radius 2 is 2.06 bits per heavy atom. The average Bonchev–Trinajstić information content (AvgIpc) is 2.33. The molecule has 2 N–H and O–H groups in total. The first-order valence-corrected chi connectivity index (χ1v) is 5.48. The number of anilines is 1. The van der Waals surface area contributed by atoms with Gasteiger partial charge in [0.05, 0.1) is 0 Å². The molecule has 1 heterocycles. The Bertz CT molecular complexity index is 526. The van der Waals surface area contributed by atoms with E-state index in [0.29, 0.717) is 21.4 Å². The van der Waals surface area contributed by atoms with Crippen molar-refractivity contribution in [3.8, 4) is 0 Å². The molecule has 0 saturated heterocycles. The Balaban J connectivity index is 2.39. The summed E-state index contributed by atoms with van der Waals surface area (Å²) >= 11 is 3.29. The maximum absolute atomic E-state index is 12.0. The van der Waals surface area contributed by atoms with Gasteiger partial charge in [0, 0.05) is 21.9 Å². The van der Waals surface area contributed by atoms with Crippen LogP contribution in [0.4, 0.5) is 5.69 Å². The van der Waals surface area contributed by atoms with Gasteiger partial charge in [0.2, 0.25) is 5.78 Å². The number of nitrogens with two attached hydrogens (primary N) is 1. The van der Waals surface area contributed by atoms with E-state index in [0.717, 1.165) is 0 Å². The highest BCUT2D eigenvalue weighted by Gasteiger charge is 2.10. The second-order valence-electron chi connectivity index (χ2n) is 3.28. The van der Waals surface area contributed by atoms with Gasteiger partial charge in [-0.25, -0.2) is 0 Å². The minimum atomic E-state index is -0.110. The Kier molecular flexibility index (Phi) is 3.01. The number of benzene rings is 1. The van der Waals surface area contributed by atoms with Gasteiger partial charge in [0.1, 0.15) is 5.69 Å². The molecule has 1 aromatic carbocycles. The summed E-state index contributed by atoms with van der Waals surface area (Å²) in [7, 11) is 0. The lowest BCUT2D eigenvalue weighted by Gasteiger charge is -2.02. The number of hydrogen-bond acceptors (Lipinski definition) is 3. The highest BCUT2D eigenvalue weighted by Crippen LogP contribution is 2.21. The first kappa shape index (κ1) is 10.8. The smallest absolute Gasteiger partial charge is 0.211 e. The molecule has 0 atom stereocenters. The Labute approximate surface area is 101 Å². The second kappa shape index (κ2) is 4.45. The van der Waals surface area contributed by atoms with E-state index < -0.39 is 0 Å². The van der Waals surface area contributed by atoms with Crippen LogP contribution in [0.2, 0.25) is 0 Å². The van der Waals surface area contributed by atoms with Gasteiger partial charge in [-0.15, -0.1) is 0 Å². The number of nitrogen functional groups attached to an aromatic ring is 1. The average molecular weight is 277 g/mol. The molecule has 0 bridgehead atoms. The van der Waals surface area contributed by atoms with Gasteiger partial charge in [0.25, 0.3) is 0 Å². The molecule has 1 aromatic heterocycles. The summed E-state index contributed by atoms with van der Waals surface area (Å²) in [6.07, 6.45) is 1.60. The third-order valence-electron chi connectivity index (χ3n) is 2.16. The van der Waals surface area contributed by atoms with Gasteiger partial charge < -0.3 is 5.73 Å². The Morgan fingerprint density at radius 3 is 2.69 bits per heavy atom. The van der Waals surface area contributed by atoms with Crippen molar-refractivity contribution in [3.05, 3.63) is 58.3 Å².